The Morgan fingerprint density at radius 2 is 1.48 bits per heavy atom. The summed E-state index contributed by atoms with van der Waals surface area (Å²) in [5, 5.41) is 28.7. The molecule has 1 rings (SSSR count). The van der Waals surface area contributed by atoms with Crippen LogP contribution in [0.3, 0.4) is 0 Å². The predicted molar refractivity (Wildman–Crippen MR) is 109 cm³/mol. The normalized spacial score (nSPS) is 15.3. The zero-order valence-corrected chi connectivity index (χ0v) is 18.4. The molecule has 0 spiro atoms. The van der Waals surface area contributed by atoms with Crippen molar-refractivity contribution in [2.24, 2.45) is 16.2 Å². The highest BCUT2D eigenvalue weighted by atomic mass is 16.6. The molecule has 29 heavy (non-hydrogen) atoms. The number of carbonyl (C=O) groups excluding carboxylic acids is 2. The molecule has 0 aliphatic rings. The van der Waals surface area contributed by atoms with Crippen molar-refractivity contribution in [1.29, 1.82) is 0 Å². The quantitative estimate of drug-likeness (QED) is 0.464. The van der Waals surface area contributed by atoms with E-state index in [1.807, 2.05) is 27.7 Å². The lowest BCUT2D eigenvalue weighted by Gasteiger charge is -2.43. The van der Waals surface area contributed by atoms with Gasteiger partial charge in [-0.3, -0.25) is 4.79 Å². The number of aromatic hydroxyl groups is 2. The molecule has 0 heterocycles. The third-order valence-corrected chi connectivity index (χ3v) is 5.01. The fraction of sp³-hybridized carbons (Fsp3) is 0.636. The van der Waals surface area contributed by atoms with E-state index in [0.717, 1.165) is 12.1 Å². The summed E-state index contributed by atoms with van der Waals surface area (Å²) in [5.41, 5.74) is -1.18. The highest BCUT2D eigenvalue weighted by Crippen LogP contribution is 2.47. The summed E-state index contributed by atoms with van der Waals surface area (Å²) in [5.74, 6) is -1.99. The number of rotatable bonds is 7. The zero-order chi connectivity index (χ0) is 22.6. The fourth-order valence-electron chi connectivity index (χ4n) is 2.99. The fourth-order valence-corrected chi connectivity index (χ4v) is 2.99. The molecule has 0 bridgehead atoms. The monoisotopic (exact) mass is 410 g/mol. The molecule has 2 atom stereocenters. The highest BCUT2D eigenvalue weighted by Gasteiger charge is 2.47. The molecule has 7 heteroatoms. The van der Waals surface area contributed by atoms with Crippen LogP contribution in [-0.2, 0) is 14.3 Å². The molecule has 0 fully saturated rings. The number of phenols is 2. The average Bonchev–Trinajstić information content (AvgIpc) is 2.57. The third-order valence-electron chi connectivity index (χ3n) is 5.01. The maximum Gasteiger partial charge on any atom is 0.338 e. The number of hydrogen-bond donors (Lipinski definition) is 3. The minimum Gasteiger partial charge on any atom is -0.504 e. The van der Waals surface area contributed by atoms with Crippen molar-refractivity contribution in [3.05, 3.63) is 23.8 Å². The molecule has 0 amide bonds. The molecule has 0 saturated carbocycles. The molecule has 1 aromatic carbocycles. The van der Waals surface area contributed by atoms with E-state index in [0.29, 0.717) is 6.42 Å². The summed E-state index contributed by atoms with van der Waals surface area (Å²) in [6, 6.07) is 3.50. The van der Waals surface area contributed by atoms with E-state index in [2.05, 4.69) is 20.8 Å². The van der Waals surface area contributed by atoms with Crippen molar-refractivity contribution in [3.63, 3.8) is 0 Å². The van der Waals surface area contributed by atoms with E-state index in [1.165, 1.54) is 6.07 Å². The van der Waals surface area contributed by atoms with Gasteiger partial charge in [0, 0.05) is 0 Å². The smallest absolute Gasteiger partial charge is 0.338 e. The van der Waals surface area contributed by atoms with Crippen molar-refractivity contribution >= 4 is 11.9 Å². The van der Waals surface area contributed by atoms with Crippen LogP contribution >= 0.6 is 0 Å². The molecule has 7 nitrogen and oxygen atoms in total. The third kappa shape index (κ3) is 6.92. The van der Waals surface area contributed by atoms with Gasteiger partial charge in [0.25, 0.3) is 0 Å². The van der Waals surface area contributed by atoms with E-state index in [-0.39, 0.29) is 35.4 Å². The molecule has 164 valence electrons. The van der Waals surface area contributed by atoms with Gasteiger partial charge in [-0.2, -0.15) is 0 Å². The van der Waals surface area contributed by atoms with Gasteiger partial charge in [0.15, 0.2) is 11.5 Å². The number of aliphatic hydroxyl groups is 1. The first kappa shape index (κ1) is 24.8. The Hall–Kier alpha value is -2.28. The van der Waals surface area contributed by atoms with Crippen LogP contribution < -0.4 is 0 Å². The zero-order valence-electron chi connectivity index (χ0n) is 18.4. The minimum absolute atomic E-state index is 0.0231. The second-order valence-corrected chi connectivity index (χ2v) is 9.87. The van der Waals surface area contributed by atoms with Gasteiger partial charge in [-0.15, -0.1) is 0 Å². The van der Waals surface area contributed by atoms with Crippen LogP contribution in [0.4, 0.5) is 0 Å². The van der Waals surface area contributed by atoms with Crippen molar-refractivity contribution in [2.45, 2.75) is 61.0 Å². The first-order chi connectivity index (χ1) is 13.1. The molecule has 0 aliphatic carbocycles. The summed E-state index contributed by atoms with van der Waals surface area (Å²) in [4.78, 5) is 24.8. The van der Waals surface area contributed by atoms with Gasteiger partial charge in [0.1, 0.15) is 19.3 Å². The summed E-state index contributed by atoms with van der Waals surface area (Å²) in [7, 11) is 0. The van der Waals surface area contributed by atoms with E-state index in [9.17, 15) is 24.9 Å². The summed E-state index contributed by atoms with van der Waals surface area (Å²) in [6.45, 7) is 13.3. The van der Waals surface area contributed by atoms with Crippen LogP contribution in [0.1, 0.15) is 65.2 Å². The summed E-state index contributed by atoms with van der Waals surface area (Å²) < 4.78 is 10.3. The van der Waals surface area contributed by atoms with E-state index < -0.39 is 29.2 Å². The number of carbonyl (C=O) groups is 2. The van der Waals surface area contributed by atoms with Crippen LogP contribution in [0.25, 0.3) is 0 Å². The van der Waals surface area contributed by atoms with Crippen LogP contribution in [0, 0.1) is 16.2 Å². The van der Waals surface area contributed by atoms with Gasteiger partial charge < -0.3 is 24.8 Å². The maximum absolute atomic E-state index is 12.8. The molecule has 0 saturated heterocycles. The second kappa shape index (κ2) is 9.03. The Labute approximate surface area is 172 Å². The molecule has 0 aromatic heterocycles. The van der Waals surface area contributed by atoms with Gasteiger partial charge in [-0.25, -0.2) is 4.79 Å². The summed E-state index contributed by atoms with van der Waals surface area (Å²) in [6.07, 6.45) is -0.579. The number of ether oxygens (including phenoxy) is 2. The molecular weight excluding hydrogens is 376 g/mol. The average molecular weight is 411 g/mol. The lowest BCUT2D eigenvalue weighted by atomic mass is 9.61. The van der Waals surface area contributed by atoms with Crippen LogP contribution in [0.2, 0.25) is 0 Å². The number of aliphatic hydroxyl groups excluding tert-OH is 1. The SMILES string of the molecule is CC(C)(C)CC(C)(C(=O)OCC(O)COC(=O)c1ccc(O)c(O)c1)C(C)(C)C. The van der Waals surface area contributed by atoms with Crippen LogP contribution in [0.5, 0.6) is 11.5 Å². The Balaban J connectivity index is 2.65. The lowest BCUT2D eigenvalue weighted by molar-refractivity contribution is -0.168. The first-order valence-corrected chi connectivity index (χ1v) is 9.61. The number of esters is 2. The molecule has 0 radical (unpaired) electrons. The van der Waals surface area contributed by atoms with Gasteiger partial charge in [0.2, 0.25) is 0 Å². The van der Waals surface area contributed by atoms with Crippen molar-refractivity contribution in [1.82, 2.24) is 0 Å². The largest absolute Gasteiger partial charge is 0.504 e. The molecule has 3 N–H and O–H groups in total. The highest BCUT2D eigenvalue weighted by molar-refractivity contribution is 5.90. The topological polar surface area (TPSA) is 113 Å². The molecule has 0 aliphatic heterocycles. The Morgan fingerprint density at radius 1 is 0.931 bits per heavy atom. The van der Waals surface area contributed by atoms with Crippen LogP contribution in [-0.4, -0.2) is 46.6 Å². The predicted octanol–water partition coefficient (Wildman–Crippen LogP) is 3.65. The standard InChI is InChI=1S/C22H34O7/c1-20(2,3)13-22(7,21(4,5)6)19(27)29-12-15(23)11-28-18(26)14-8-9-16(24)17(25)10-14/h8-10,15,23-25H,11-13H2,1-7H3. The van der Waals surface area contributed by atoms with Crippen LogP contribution in [0.15, 0.2) is 18.2 Å². The van der Waals surface area contributed by atoms with Gasteiger partial charge in [-0.1, -0.05) is 41.5 Å². The number of phenolic OH excluding ortho intramolecular Hbond substituents is 2. The van der Waals surface area contributed by atoms with Crippen molar-refractivity contribution < 1.29 is 34.4 Å². The van der Waals surface area contributed by atoms with Crippen molar-refractivity contribution in [3.8, 4) is 11.5 Å². The molecule has 2 unspecified atom stereocenters. The van der Waals surface area contributed by atoms with Gasteiger partial charge in [-0.05, 0) is 42.4 Å². The van der Waals surface area contributed by atoms with E-state index >= 15 is 0 Å². The number of benzene rings is 1. The van der Waals surface area contributed by atoms with Gasteiger partial charge in [0.05, 0.1) is 11.0 Å². The Morgan fingerprint density at radius 3 is 1.97 bits per heavy atom. The Bertz CT molecular complexity index is 728. The van der Waals surface area contributed by atoms with Crippen molar-refractivity contribution in [2.75, 3.05) is 13.2 Å². The maximum atomic E-state index is 12.8. The Kier molecular flexibility index (Phi) is 7.71. The molecular formula is C22H34O7. The van der Waals surface area contributed by atoms with Gasteiger partial charge >= 0.3 is 11.9 Å². The second-order valence-electron chi connectivity index (χ2n) is 9.87. The minimum atomic E-state index is -1.19. The van der Waals surface area contributed by atoms with E-state index in [1.54, 1.807) is 0 Å². The summed E-state index contributed by atoms with van der Waals surface area (Å²) >= 11 is 0. The first-order valence-electron chi connectivity index (χ1n) is 9.61. The molecule has 1 aromatic rings. The number of hydrogen-bond acceptors (Lipinski definition) is 7. The lowest BCUT2D eigenvalue weighted by Crippen LogP contribution is -2.45. The van der Waals surface area contributed by atoms with E-state index in [4.69, 9.17) is 9.47 Å².